The normalized spacial score (nSPS) is 32.6. The van der Waals surface area contributed by atoms with Crippen molar-refractivity contribution >= 4 is 23.2 Å². The van der Waals surface area contributed by atoms with Gasteiger partial charge in [-0.15, -0.1) is 0 Å². The number of carbonyl (C=O) groups excluding carboxylic acids is 3. The van der Waals surface area contributed by atoms with Crippen molar-refractivity contribution in [3.05, 3.63) is 46.2 Å². The average molecular weight is 570 g/mol. The van der Waals surface area contributed by atoms with E-state index in [-0.39, 0.29) is 23.6 Å². The van der Waals surface area contributed by atoms with E-state index in [9.17, 15) is 39.9 Å². The number of hydrogen-bond donors (Lipinski definition) is 6. The van der Waals surface area contributed by atoms with Crippen LogP contribution in [0.25, 0.3) is 5.76 Å². The fraction of sp³-hybridized carbons (Fsp3) is 0.567. The third kappa shape index (κ3) is 4.29. The number of amides is 1. The lowest BCUT2D eigenvalue weighted by molar-refractivity contribution is -0.169. The van der Waals surface area contributed by atoms with Gasteiger partial charge in [0, 0.05) is 24.6 Å². The Morgan fingerprint density at radius 2 is 1.80 bits per heavy atom. The van der Waals surface area contributed by atoms with Crippen LogP contribution in [0.2, 0.25) is 0 Å². The van der Waals surface area contributed by atoms with Gasteiger partial charge in [0.2, 0.25) is 5.78 Å². The second kappa shape index (κ2) is 10.5. The molecule has 2 fully saturated rings. The molecule has 0 spiro atoms. The number of phenols is 1. The minimum absolute atomic E-state index is 0.00169. The number of fused-ring (bicyclic) bond motifs is 3. The number of aromatic hydroxyl groups is 1. The molecule has 0 aromatic heterocycles. The van der Waals surface area contributed by atoms with Gasteiger partial charge in [0.1, 0.15) is 22.8 Å². The van der Waals surface area contributed by atoms with Crippen LogP contribution < -0.4 is 5.32 Å². The number of phenolic OH excluding ortho intramolecular Hbond substituents is 1. The van der Waals surface area contributed by atoms with Crippen LogP contribution in [-0.4, -0.2) is 104 Å². The number of hydrogen-bond acceptors (Lipinski definition) is 10. The Morgan fingerprint density at radius 1 is 1.15 bits per heavy atom. The Balaban J connectivity index is 1.57. The predicted molar refractivity (Wildman–Crippen MR) is 149 cm³/mol. The molecule has 0 radical (unpaired) electrons. The summed E-state index contributed by atoms with van der Waals surface area (Å²) in [6.07, 6.45) is 1.46. The maximum atomic E-state index is 14.1. The van der Waals surface area contributed by atoms with Crippen LogP contribution in [-0.2, 0) is 14.4 Å². The standard InChI is InChI=1S/C30H39N3O8/c1-5-15-9-11-33(12-10-15)13-31-29(40)21-26(37)23(32(3)4)22-25(36)18-14(2)16-7-6-8-17(34)19(16)24(35)20(18)27(38)30(22,41)28(21)39/h6-8,14-15,18,22-23,25,34-36,39,41H,5,9-13H2,1-4H3,(H,31,40)/t14-,18+,22+,23-,25-,30-/m0/s1. The maximum Gasteiger partial charge on any atom is 0.259 e. The molecule has 5 rings (SSSR count). The Bertz CT molecular complexity index is 1340. The number of nitrogens with one attached hydrogen (secondary N) is 1. The molecule has 6 atom stereocenters. The Labute approximate surface area is 238 Å². The molecule has 6 N–H and O–H groups in total. The van der Waals surface area contributed by atoms with E-state index in [4.69, 9.17) is 0 Å². The summed E-state index contributed by atoms with van der Waals surface area (Å²) in [6, 6.07) is 3.24. The van der Waals surface area contributed by atoms with Crippen molar-refractivity contribution in [1.82, 2.24) is 15.1 Å². The molecule has 1 aromatic carbocycles. The van der Waals surface area contributed by atoms with Gasteiger partial charge < -0.3 is 30.8 Å². The number of ketones is 2. The molecule has 41 heavy (non-hydrogen) atoms. The number of aliphatic hydroxyl groups excluding tert-OH is 3. The Kier molecular flexibility index (Phi) is 7.52. The molecule has 11 heteroatoms. The number of likely N-dealkylation sites (tertiary alicyclic amines) is 1. The number of nitrogens with zero attached hydrogens (tertiary/aromatic N) is 2. The number of Topliss-reactive ketones (excluding diaryl/α,β-unsaturated/α-hetero) is 2. The van der Waals surface area contributed by atoms with Gasteiger partial charge in [-0.2, -0.15) is 0 Å². The highest BCUT2D eigenvalue weighted by atomic mass is 16.4. The molecule has 3 aliphatic carbocycles. The lowest BCUT2D eigenvalue weighted by atomic mass is 9.54. The van der Waals surface area contributed by atoms with Gasteiger partial charge in [-0.3, -0.25) is 24.2 Å². The van der Waals surface area contributed by atoms with Gasteiger partial charge in [-0.05, 0) is 50.4 Å². The summed E-state index contributed by atoms with van der Waals surface area (Å²) in [4.78, 5) is 44.7. The molecule has 1 heterocycles. The molecular weight excluding hydrogens is 530 g/mol. The summed E-state index contributed by atoms with van der Waals surface area (Å²) >= 11 is 0. The number of rotatable bonds is 5. The first-order chi connectivity index (χ1) is 19.4. The SMILES string of the molecule is CCC1CCN(CNC(=O)C2=C(O)[C@@]3(O)C(=O)C4=C(O)c5c(O)cccc5[C@H](C)[C@H]4[C@H](O)[C@H]3[C@H](N(C)C)C2=O)CC1. The summed E-state index contributed by atoms with van der Waals surface area (Å²) in [5.74, 6) is -7.51. The van der Waals surface area contributed by atoms with Crippen molar-refractivity contribution in [3.63, 3.8) is 0 Å². The van der Waals surface area contributed by atoms with Crippen LogP contribution in [0.15, 0.2) is 35.1 Å². The van der Waals surface area contributed by atoms with Crippen LogP contribution in [0.5, 0.6) is 5.75 Å². The van der Waals surface area contributed by atoms with Gasteiger partial charge in [-0.25, -0.2) is 0 Å². The number of aliphatic hydroxyl groups is 4. The number of benzene rings is 1. The summed E-state index contributed by atoms with van der Waals surface area (Å²) in [5.41, 5.74) is -3.51. The highest BCUT2D eigenvalue weighted by Gasteiger charge is 2.68. The van der Waals surface area contributed by atoms with E-state index in [1.807, 2.05) is 4.90 Å². The first-order valence-electron chi connectivity index (χ1n) is 14.2. The lowest BCUT2D eigenvalue weighted by Gasteiger charge is -2.53. The summed E-state index contributed by atoms with van der Waals surface area (Å²) in [6.45, 7) is 5.49. The molecule has 4 aliphatic rings. The van der Waals surface area contributed by atoms with Gasteiger partial charge in [0.15, 0.2) is 11.4 Å². The fourth-order valence-corrected chi connectivity index (χ4v) is 7.38. The monoisotopic (exact) mass is 569 g/mol. The molecule has 1 aromatic rings. The molecule has 1 amide bonds. The smallest absolute Gasteiger partial charge is 0.259 e. The van der Waals surface area contributed by atoms with Crippen molar-refractivity contribution < 1.29 is 39.9 Å². The summed E-state index contributed by atoms with van der Waals surface area (Å²) < 4.78 is 0. The van der Waals surface area contributed by atoms with E-state index in [0.717, 1.165) is 32.4 Å². The van der Waals surface area contributed by atoms with Gasteiger partial charge in [0.25, 0.3) is 5.91 Å². The van der Waals surface area contributed by atoms with Crippen LogP contribution >= 0.6 is 0 Å². The molecule has 1 saturated heterocycles. The Hall–Kier alpha value is -3.25. The summed E-state index contributed by atoms with van der Waals surface area (Å²) in [5, 5.41) is 59.5. The molecule has 1 saturated carbocycles. The lowest BCUT2D eigenvalue weighted by Crippen LogP contribution is -2.70. The minimum Gasteiger partial charge on any atom is -0.508 e. The van der Waals surface area contributed by atoms with Crippen LogP contribution in [0, 0.1) is 17.8 Å². The topological polar surface area (TPSA) is 171 Å². The average Bonchev–Trinajstić information content (AvgIpc) is 2.94. The third-order valence-electron chi connectivity index (χ3n) is 9.72. The quantitative estimate of drug-likeness (QED) is 0.283. The molecule has 0 unspecified atom stereocenters. The highest BCUT2D eigenvalue weighted by molar-refractivity contribution is 6.25. The Morgan fingerprint density at radius 3 is 2.41 bits per heavy atom. The molecule has 1 aliphatic heterocycles. The van der Waals surface area contributed by atoms with Crippen molar-refractivity contribution in [1.29, 1.82) is 0 Å². The number of likely N-dealkylation sites (N-methyl/N-ethyl adjacent to an activating group) is 1. The number of piperidine rings is 1. The van der Waals surface area contributed by atoms with E-state index < -0.39 is 70.1 Å². The van der Waals surface area contributed by atoms with E-state index >= 15 is 0 Å². The molecule has 222 valence electrons. The van der Waals surface area contributed by atoms with Gasteiger partial charge in [0.05, 0.1) is 30.3 Å². The summed E-state index contributed by atoms with van der Waals surface area (Å²) in [7, 11) is 3.05. The maximum absolute atomic E-state index is 14.1. The van der Waals surface area contributed by atoms with Gasteiger partial charge in [-0.1, -0.05) is 32.4 Å². The van der Waals surface area contributed by atoms with Crippen molar-refractivity contribution in [2.45, 2.75) is 56.8 Å². The second-order valence-electron chi connectivity index (χ2n) is 12.1. The predicted octanol–water partition coefficient (Wildman–Crippen LogP) is 1.21. The second-order valence-corrected chi connectivity index (χ2v) is 12.1. The van der Waals surface area contributed by atoms with Crippen LogP contribution in [0.1, 0.15) is 50.2 Å². The van der Waals surface area contributed by atoms with E-state index in [0.29, 0.717) is 11.5 Å². The zero-order valence-electron chi connectivity index (χ0n) is 23.8. The third-order valence-corrected chi connectivity index (χ3v) is 9.72. The number of carbonyl (C=O) groups is 3. The van der Waals surface area contributed by atoms with Crippen molar-refractivity contribution in [2.75, 3.05) is 33.9 Å². The zero-order chi connectivity index (χ0) is 30.0. The highest BCUT2D eigenvalue weighted by Crippen LogP contribution is 2.56. The van der Waals surface area contributed by atoms with Crippen molar-refractivity contribution in [3.8, 4) is 5.75 Å². The van der Waals surface area contributed by atoms with E-state index in [2.05, 4.69) is 12.2 Å². The molecule has 11 nitrogen and oxygen atoms in total. The van der Waals surface area contributed by atoms with Crippen molar-refractivity contribution in [2.24, 2.45) is 17.8 Å². The van der Waals surface area contributed by atoms with E-state index in [1.54, 1.807) is 19.1 Å². The first kappa shape index (κ1) is 29.2. The van der Waals surface area contributed by atoms with Crippen LogP contribution in [0.3, 0.4) is 0 Å². The first-order valence-corrected chi connectivity index (χ1v) is 14.2. The van der Waals surface area contributed by atoms with E-state index in [1.165, 1.54) is 25.1 Å². The van der Waals surface area contributed by atoms with Crippen LogP contribution in [0.4, 0.5) is 0 Å². The fourth-order valence-electron chi connectivity index (χ4n) is 7.38. The minimum atomic E-state index is -2.88. The van der Waals surface area contributed by atoms with Gasteiger partial charge >= 0.3 is 0 Å². The molecule has 0 bridgehead atoms. The largest absolute Gasteiger partial charge is 0.508 e. The molecular formula is C30H39N3O8. The zero-order valence-corrected chi connectivity index (χ0v) is 23.8.